The molecule has 1 rings (SSSR count). The van der Waals surface area contributed by atoms with E-state index in [2.05, 4.69) is 0 Å². The molecule has 0 atom stereocenters. The molecule has 0 unspecified atom stereocenters. The lowest BCUT2D eigenvalue weighted by molar-refractivity contribution is -0.0694. The number of halogens is 3. The number of rotatable bonds is 1. The van der Waals surface area contributed by atoms with Crippen LogP contribution in [0.4, 0.5) is 13.2 Å². The Bertz CT molecular complexity index is 329. The van der Waals surface area contributed by atoms with Crippen LogP contribution in [0.2, 0.25) is 0 Å². The average molecular weight is 200 g/mol. The average Bonchev–Trinajstić information content (AvgIpc) is 2.02. The second kappa shape index (κ2) is 3.86. The first-order valence-corrected chi connectivity index (χ1v) is 4.23. The van der Waals surface area contributed by atoms with Gasteiger partial charge in [-0.3, -0.25) is 0 Å². The number of benzene rings is 1. The number of hydrogen-bond acceptors (Lipinski definition) is 0. The molecule has 0 aliphatic heterocycles. The molecule has 0 saturated carbocycles. The highest BCUT2D eigenvalue weighted by molar-refractivity contribution is 5.71. The first-order valence-electron chi connectivity index (χ1n) is 4.23. The summed E-state index contributed by atoms with van der Waals surface area (Å²) < 4.78 is 37.8. The first kappa shape index (κ1) is 10.8. The highest BCUT2D eigenvalue weighted by Crippen LogP contribution is 2.35. The van der Waals surface area contributed by atoms with Gasteiger partial charge in [0, 0.05) is 0 Å². The summed E-state index contributed by atoms with van der Waals surface area (Å²) in [5.74, 6) is 0. The molecule has 0 aliphatic carbocycles. The van der Waals surface area contributed by atoms with Crippen molar-refractivity contribution < 1.29 is 13.2 Å². The smallest absolute Gasteiger partial charge is 0.166 e. The Hall–Kier alpha value is -1.25. The molecule has 1 aromatic rings. The summed E-state index contributed by atoms with van der Waals surface area (Å²) in [4.78, 5) is 0. The van der Waals surface area contributed by atoms with Gasteiger partial charge >= 0.3 is 6.18 Å². The predicted molar refractivity (Wildman–Crippen MR) is 50.8 cm³/mol. The van der Waals surface area contributed by atoms with E-state index in [4.69, 9.17) is 0 Å². The Morgan fingerprint density at radius 3 is 1.86 bits per heavy atom. The molecule has 14 heavy (non-hydrogen) atoms. The molecular formula is C11H11F3. The van der Waals surface area contributed by atoms with Crippen LogP contribution >= 0.6 is 0 Å². The summed E-state index contributed by atoms with van der Waals surface area (Å²) in [5.41, 5.74) is -0.0400. The van der Waals surface area contributed by atoms with Gasteiger partial charge in [0.25, 0.3) is 0 Å². The topological polar surface area (TPSA) is 0 Å². The minimum absolute atomic E-state index is 0.222. The fourth-order valence-electron chi connectivity index (χ4n) is 1.34. The lowest BCUT2D eigenvalue weighted by Gasteiger charge is -2.13. The third kappa shape index (κ3) is 2.37. The van der Waals surface area contributed by atoms with Crippen molar-refractivity contribution in [1.82, 2.24) is 0 Å². The van der Waals surface area contributed by atoms with E-state index in [9.17, 15) is 13.2 Å². The number of allylic oxidation sites excluding steroid dienone is 2. The van der Waals surface area contributed by atoms with Crippen LogP contribution < -0.4 is 0 Å². The molecule has 3 heteroatoms. The summed E-state index contributed by atoms with van der Waals surface area (Å²) in [5, 5.41) is 0. The van der Waals surface area contributed by atoms with Crippen molar-refractivity contribution >= 4 is 5.57 Å². The minimum Gasteiger partial charge on any atom is -0.166 e. The van der Waals surface area contributed by atoms with E-state index in [1.807, 2.05) is 0 Å². The maximum atomic E-state index is 12.6. The van der Waals surface area contributed by atoms with Gasteiger partial charge in [-0.25, -0.2) is 0 Å². The SMILES string of the molecule is CC(C)=C(c1ccccc1)C(F)(F)F. The van der Waals surface area contributed by atoms with Gasteiger partial charge in [0.15, 0.2) is 0 Å². The molecule has 0 amide bonds. The van der Waals surface area contributed by atoms with Gasteiger partial charge in [-0.05, 0) is 19.4 Å². The Morgan fingerprint density at radius 1 is 1.00 bits per heavy atom. The summed E-state index contributed by atoms with van der Waals surface area (Å²) in [6, 6.07) is 7.84. The van der Waals surface area contributed by atoms with E-state index in [-0.39, 0.29) is 11.1 Å². The van der Waals surface area contributed by atoms with Gasteiger partial charge in [-0.2, -0.15) is 13.2 Å². The monoisotopic (exact) mass is 200 g/mol. The fourth-order valence-corrected chi connectivity index (χ4v) is 1.34. The lowest BCUT2D eigenvalue weighted by atomic mass is 10.0. The van der Waals surface area contributed by atoms with E-state index in [0.29, 0.717) is 0 Å². The predicted octanol–water partition coefficient (Wildman–Crippen LogP) is 4.04. The molecule has 1 aromatic carbocycles. The second-order valence-corrected chi connectivity index (χ2v) is 3.24. The quantitative estimate of drug-likeness (QED) is 0.641. The van der Waals surface area contributed by atoms with Crippen LogP contribution in [0, 0.1) is 0 Å². The molecule has 0 nitrogen and oxygen atoms in total. The summed E-state index contributed by atoms with van der Waals surface area (Å²) >= 11 is 0. The van der Waals surface area contributed by atoms with Crippen molar-refractivity contribution in [3.63, 3.8) is 0 Å². The third-order valence-corrected chi connectivity index (χ3v) is 1.85. The summed E-state index contributed by atoms with van der Waals surface area (Å²) in [7, 11) is 0. The molecule has 0 heterocycles. The Morgan fingerprint density at radius 2 is 1.50 bits per heavy atom. The Kier molecular flexibility index (Phi) is 2.99. The van der Waals surface area contributed by atoms with E-state index in [1.54, 1.807) is 18.2 Å². The highest BCUT2D eigenvalue weighted by atomic mass is 19.4. The molecule has 0 N–H and O–H groups in total. The normalized spacial score (nSPS) is 11.2. The zero-order valence-corrected chi connectivity index (χ0v) is 8.02. The van der Waals surface area contributed by atoms with Gasteiger partial charge in [-0.15, -0.1) is 0 Å². The van der Waals surface area contributed by atoms with E-state index < -0.39 is 11.7 Å². The standard InChI is InChI=1S/C11H11F3/c1-8(2)10(11(12,13)14)9-6-4-3-5-7-9/h3-7H,1-2H3. The van der Waals surface area contributed by atoms with Crippen LogP contribution in [0.3, 0.4) is 0 Å². The fraction of sp³-hybridized carbons (Fsp3) is 0.273. The van der Waals surface area contributed by atoms with E-state index >= 15 is 0 Å². The number of hydrogen-bond donors (Lipinski definition) is 0. The minimum atomic E-state index is -4.28. The molecule has 0 fully saturated rings. The zero-order valence-electron chi connectivity index (χ0n) is 8.02. The zero-order chi connectivity index (χ0) is 10.8. The van der Waals surface area contributed by atoms with Crippen molar-refractivity contribution in [3.8, 4) is 0 Å². The van der Waals surface area contributed by atoms with Crippen LogP contribution in [-0.4, -0.2) is 6.18 Å². The molecule has 0 spiro atoms. The molecule has 76 valence electrons. The molecule has 0 aliphatic rings. The lowest BCUT2D eigenvalue weighted by Crippen LogP contribution is -2.12. The van der Waals surface area contributed by atoms with Crippen molar-refractivity contribution in [1.29, 1.82) is 0 Å². The van der Waals surface area contributed by atoms with E-state index in [1.165, 1.54) is 26.0 Å². The van der Waals surface area contributed by atoms with Gasteiger partial charge in [-0.1, -0.05) is 35.9 Å². The Labute approximate surface area is 81.1 Å². The summed E-state index contributed by atoms with van der Waals surface area (Å²) in [6.07, 6.45) is -4.28. The van der Waals surface area contributed by atoms with Crippen molar-refractivity contribution in [2.45, 2.75) is 20.0 Å². The molecule has 0 saturated heterocycles. The second-order valence-electron chi connectivity index (χ2n) is 3.24. The van der Waals surface area contributed by atoms with Crippen molar-refractivity contribution in [3.05, 3.63) is 41.5 Å². The Balaban J connectivity index is 3.24. The molecule has 0 bridgehead atoms. The van der Waals surface area contributed by atoms with Gasteiger partial charge < -0.3 is 0 Å². The molecule has 0 aromatic heterocycles. The largest absolute Gasteiger partial charge is 0.416 e. The molecular weight excluding hydrogens is 189 g/mol. The van der Waals surface area contributed by atoms with Gasteiger partial charge in [0.2, 0.25) is 0 Å². The summed E-state index contributed by atoms with van der Waals surface area (Å²) in [6.45, 7) is 2.94. The number of alkyl halides is 3. The van der Waals surface area contributed by atoms with Crippen LogP contribution in [0.1, 0.15) is 19.4 Å². The van der Waals surface area contributed by atoms with Crippen LogP contribution in [0.5, 0.6) is 0 Å². The van der Waals surface area contributed by atoms with Gasteiger partial charge in [0.05, 0.1) is 5.57 Å². The highest BCUT2D eigenvalue weighted by Gasteiger charge is 2.35. The third-order valence-electron chi connectivity index (χ3n) is 1.85. The van der Waals surface area contributed by atoms with E-state index in [0.717, 1.165) is 0 Å². The van der Waals surface area contributed by atoms with Crippen molar-refractivity contribution in [2.24, 2.45) is 0 Å². The van der Waals surface area contributed by atoms with Gasteiger partial charge in [0.1, 0.15) is 0 Å². The van der Waals surface area contributed by atoms with Crippen molar-refractivity contribution in [2.75, 3.05) is 0 Å². The maximum Gasteiger partial charge on any atom is 0.416 e. The molecule has 0 radical (unpaired) electrons. The first-order chi connectivity index (χ1) is 6.43. The maximum absolute atomic E-state index is 12.6. The van der Waals surface area contributed by atoms with Crippen LogP contribution in [-0.2, 0) is 0 Å². The van der Waals surface area contributed by atoms with Crippen LogP contribution in [0.25, 0.3) is 5.57 Å². The van der Waals surface area contributed by atoms with Crippen LogP contribution in [0.15, 0.2) is 35.9 Å².